The van der Waals surface area contributed by atoms with Crippen LogP contribution in [0.5, 0.6) is 5.75 Å². The van der Waals surface area contributed by atoms with E-state index in [9.17, 15) is 18.0 Å². The zero-order chi connectivity index (χ0) is 19.9. The number of rotatable bonds is 5. The average molecular weight is 426 g/mol. The van der Waals surface area contributed by atoms with Gasteiger partial charge < -0.3 is 9.47 Å². The van der Waals surface area contributed by atoms with E-state index in [0.717, 1.165) is 7.05 Å². The van der Waals surface area contributed by atoms with Gasteiger partial charge in [-0.1, -0.05) is 6.07 Å². The maximum absolute atomic E-state index is 12.1. The van der Waals surface area contributed by atoms with Crippen LogP contribution < -0.4 is 4.74 Å². The van der Waals surface area contributed by atoms with Crippen molar-refractivity contribution in [3.63, 3.8) is 0 Å². The first-order valence-electron chi connectivity index (χ1n) is 7.35. The normalized spacial score (nSPS) is 19.2. The minimum atomic E-state index is -4.71. The second kappa shape index (κ2) is 7.22. The number of esters is 1. The number of halogens is 2. The number of fused-ring (bicyclic) bond motifs is 1. The van der Waals surface area contributed by atoms with Gasteiger partial charge in [0.25, 0.3) is 12.2 Å². The summed E-state index contributed by atoms with van der Waals surface area (Å²) in [6.07, 6.45) is -0.913. The van der Waals surface area contributed by atoms with Crippen molar-refractivity contribution in [3.05, 3.63) is 29.3 Å². The van der Waals surface area contributed by atoms with E-state index >= 15 is 0 Å². The Hall–Kier alpha value is -1.55. The molecule has 2 rings (SSSR count). The molecule has 1 amide bonds. The first-order chi connectivity index (χ1) is 11.9. The van der Waals surface area contributed by atoms with E-state index < -0.39 is 39.3 Å². The number of amides is 1. The molecule has 0 radical (unpaired) electrons. The summed E-state index contributed by atoms with van der Waals surface area (Å²) in [6, 6.07) is 4.59. The van der Waals surface area contributed by atoms with E-state index in [1.165, 1.54) is 12.1 Å². The molecule has 1 aliphatic rings. The van der Waals surface area contributed by atoms with Crippen molar-refractivity contribution in [1.29, 1.82) is 0 Å². The highest BCUT2D eigenvalue weighted by Crippen LogP contribution is 2.44. The molecule has 0 aliphatic carbocycles. The predicted molar refractivity (Wildman–Crippen MR) is 93.6 cm³/mol. The van der Waals surface area contributed by atoms with Crippen molar-refractivity contribution in [2.75, 3.05) is 12.9 Å². The fourth-order valence-electron chi connectivity index (χ4n) is 2.44. The molecule has 11 heteroatoms. The van der Waals surface area contributed by atoms with E-state index in [4.69, 9.17) is 37.2 Å². The monoisotopic (exact) mass is 425 g/mol. The van der Waals surface area contributed by atoms with Gasteiger partial charge in [0.15, 0.2) is 0 Å². The van der Waals surface area contributed by atoms with Gasteiger partial charge in [0.2, 0.25) is 0 Å². The van der Waals surface area contributed by atoms with Gasteiger partial charge >= 0.3 is 16.3 Å². The van der Waals surface area contributed by atoms with Crippen LogP contribution >= 0.6 is 23.2 Å². The van der Waals surface area contributed by atoms with Crippen molar-refractivity contribution in [1.82, 2.24) is 4.31 Å². The lowest BCUT2D eigenvalue weighted by atomic mass is 9.84. The Balaban J connectivity index is 2.32. The molecule has 1 aromatic rings. The van der Waals surface area contributed by atoms with Crippen LogP contribution in [0.4, 0.5) is 0 Å². The Morgan fingerprint density at radius 1 is 1.42 bits per heavy atom. The van der Waals surface area contributed by atoms with Gasteiger partial charge in [0.1, 0.15) is 17.0 Å². The number of nitrogens with zero attached hydrogens (tertiary/aromatic N) is 1. The molecule has 1 aromatic carbocycles. The van der Waals surface area contributed by atoms with Gasteiger partial charge in [0.05, 0.1) is 5.41 Å². The molecule has 0 spiro atoms. The third-order valence-electron chi connectivity index (χ3n) is 4.03. The fraction of sp³-hybridized carbons (Fsp3) is 0.467. The summed E-state index contributed by atoms with van der Waals surface area (Å²) in [5.74, 6) is -1.54. The Morgan fingerprint density at radius 2 is 2.04 bits per heavy atom. The zero-order valence-corrected chi connectivity index (χ0v) is 16.4. The Kier molecular flexibility index (Phi) is 5.77. The van der Waals surface area contributed by atoms with E-state index in [-0.39, 0.29) is 10.2 Å². The Labute approximate surface area is 160 Å². The van der Waals surface area contributed by atoms with Crippen molar-refractivity contribution < 1.29 is 32.0 Å². The second-order valence-corrected chi connectivity index (χ2v) is 8.34. The van der Waals surface area contributed by atoms with Crippen molar-refractivity contribution >= 4 is 45.4 Å². The summed E-state index contributed by atoms with van der Waals surface area (Å²) >= 11 is 11.5. The summed E-state index contributed by atoms with van der Waals surface area (Å²) < 4.78 is 42.1. The lowest BCUT2D eigenvalue weighted by molar-refractivity contribution is -0.165. The summed E-state index contributed by atoms with van der Waals surface area (Å²) in [5, 5.41) is -1.35. The smallest absolute Gasteiger partial charge is 0.361 e. The van der Waals surface area contributed by atoms with Gasteiger partial charge in [-0.3, -0.25) is 14.1 Å². The number of carbonyl (C=O) groups is 2. The van der Waals surface area contributed by atoms with Crippen molar-refractivity contribution in [3.8, 4) is 5.75 Å². The standard InChI is InChI=1S/C15H17Cl2NO7S/c1-15(2)9-6-8(12(17)13(20)18(3)26(21,22)23)4-5-10(9)24-14(15)25-11(19)7-16/h4-6,12,14H,7H2,1-3H3,(H,21,22,23). The number of likely N-dealkylation sites (N-methyl/N-ethyl adjacent to an activating group) is 1. The Morgan fingerprint density at radius 3 is 2.58 bits per heavy atom. The number of hydrogen-bond acceptors (Lipinski definition) is 6. The topological polar surface area (TPSA) is 110 Å². The van der Waals surface area contributed by atoms with Crippen LogP contribution in [0.3, 0.4) is 0 Å². The summed E-state index contributed by atoms with van der Waals surface area (Å²) in [4.78, 5) is 23.6. The third-order valence-corrected chi connectivity index (χ3v) is 5.56. The summed E-state index contributed by atoms with van der Waals surface area (Å²) in [5.41, 5.74) is 0.157. The fourth-order valence-corrected chi connectivity index (χ4v) is 3.18. The van der Waals surface area contributed by atoms with Crippen LogP contribution in [0.2, 0.25) is 0 Å². The molecule has 0 saturated carbocycles. The molecule has 1 aliphatic heterocycles. The molecule has 0 bridgehead atoms. The third kappa shape index (κ3) is 3.90. The maximum Gasteiger partial charge on any atom is 0.361 e. The quantitative estimate of drug-likeness (QED) is 0.436. The van der Waals surface area contributed by atoms with Gasteiger partial charge in [-0.05, 0) is 31.5 Å². The van der Waals surface area contributed by atoms with Crippen LogP contribution in [0, 0.1) is 0 Å². The largest absolute Gasteiger partial charge is 0.454 e. The zero-order valence-electron chi connectivity index (χ0n) is 14.1. The first-order valence-corrected chi connectivity index (χ1v) is 9.72. The molecule has 2 atom stereocenters. The van der Waals surface area contributed by atoms with Crippen LogP contribution in [0.25, 0.3) is 0 Å². The van der Waals surface area contributed by atoms with Gasteiger partial charge in [0, 0.05) is 12.6 Å². The van der Waals surface area contributed by atoms with Gasteiger partial charge in [-0.15, -0.1) is 23.2 Å². The van der Waals surface area contributed by atoms with E-state index in [0.29, 0.717) is 16.9 Å². The van der Waals surface area contributed by atoms with E-state index in [1.807, 2.05) is 0 Å². The SMILES string of the molecule is CN(C(=O)C(Cl)c1ccc2c(c1)C(C)(C)C(OC(=O)CCl)O2)S(=O)(=O)O. The van der Waals surface area contributed by atoms with E-state index in [1.54, 1.807) is 19.9 Å². The molecule has 0 aromatic heterocycles. The van der Waals surface area contributed by atoms with Gasteiger partial charge in [-0.25, -0.2) is 4.31 Å². The molecular weight excluding hydrogens is 409 g/mol. The molecule has 26 heavy (non-hydrogen) atoms. The van der Waals surface area contributed by atoms with Crippen molar-refractivity contribution in [2.24, 2.45) is 0 Å². The van der Waals surface area contributed by atoms with E-state index in [2.05, 4.69) is 0 Å². The minimum Gasteiger partial charge on any atom is -0.454 e. The van der Waals surface area contributed by atoms with Crippen molar-refractivity contribution in [2.45, 2.75) is 30.9 Å². The second-order valence-electron chi connectivity index (χ2n) is 6.20. The van der Waals surface area contributed by atoms with Gasteiger partial charge in [-0.2, -0.15) is 8.42 Å². The minimum absolute atomic E-state index is 0.157. The number of ether oxygens (including phenoxy) is 2. The molecule has 144 valence electrons. The highest BCUT2D eigenvalue weighted by molar-refractivity contribution is 7.83. The molecule has 8 nitrogen and oxygen atoms in total. The molecule has 1 heterocycles. The van der Waals surface area contributed by atoms with Crippen LogP contribution in [-0.2, 0) is 30.0 Å². The predicted octanol–water partition coefficient (Wildman–Crippen LogP) is 2.01. The summed E-state index contributed by atoms with van der Waals surface area (Å²) in [7, 11) is -3.81. The molecule has 0 saturated heterocycles. The summed E-state index contributed by atoms with van der Waals surface area (Å²) in [6.45, 7) is 3.54. The molecular formula is C15H17Cl2NO7S. The molecule has 2 unspecified atom stereocenters. The number of benzene rings is 1. The van der Waals surface area contributed by atoms with Crippen LogP contribution in [-0.4, -0.2) is 48.4 Å². The molecule has 1 N–H and O–H groups in total. The number of alkyl halides is 2. The van der Waals surface area contributed by atoms with Crippen LogP contribution in [0.1, 0.15) is 30.4 Å². The molecule has 0 fully saturated rings. The maximum atomic E-state index is 12.1. The first kappa shape index (κ1) is 20.8. The Bertz CT molecular complexity index is 840. The van der Waals surface area contributed by atoms with Crippen LogP contribution in [0.15, 0.2) is 18.2 Å². The lowest BCUT2D eigenvalue weighted by Crippen LogP contribution is -2.37. The number of hydrogen-bond donors (Lipinski definition) is 1. The average Bonchev–Trinajstić information content (AvgIpc) is 2.82. The number of carbonyl (C=O) groups excluding carboxylic acids is 2. The highest BCUT2D eigenvalue weighted by Gasteiger charge is 2.45. The lowest BCUT2D eigenvalue weighted by Gasteiger charge is -2.25. The highest BCUT2D eigenvalue weighted by atomic mass is 35.5.